The lowest BCUT2D eigenvalue weighted by Crippen LogP contribution is -2.63. The molecule has 0 aromatic heterocycles. The van der Waals surface area contributed by atoms with Gasteiger partial charge in [-0.15, -0.1) is 0 Å². The molecule has 0 saturated carbocycles. The van der Waals surface area contributed by atoms with Gasteiger partial charge in [0, 0.05) is 19.2 Å². The zero-order valence-corrected chi connectivity index (χ0v) is 21.7. The van der Waals surface area contributed by atoms with Crippen LogP contribution in [-0.2, 0) is 18.8 Å². The SMILES string of the molecule is C=CCOC(=O)N1CCC[C@H]1CC1=C(C(=O)O)N2C(=O)[C@@H]([C@@H](CO[SiH](C)C)C(C)(C)C)[C@H]2C1. The molecule has 2 saturated heterocycles. The molecule has 3 aliphatic heterocycles. The van der Waals surface area contributed by atoms with Crippen molar-refractivity contribution in [3.63, 3.8) is 0 Å². The zero-order chi connectivity index (χ0) is 24.5. The van der Waals surface area contributed by atoms with Crippen molar-refractivity contribution in [1.82, 2.24) is 9.80 Å². The minimum Gasteiger partial charge on any atom is -0.477 e. The maximum absolute atomic E-state index is 13.3. The van der Waals surface area contributed by atoms with E-state index in [-0.39, 0.29) is 47.5 Å². The van der Waals surface area contributed by atoms with Crippen molar-refractivity contribution in [2.75, 3.05) is 19.8 Å². The summed E-state index contributed by atoms with van der Waals surface area (Å²) < 4.78 is 11.2. The van der Waals surface area contributed by atoms with Crippen molar-refractivity contribution in [1.29, 1.82) is 0 Å². The number of β-lactam (4-membered cyclic amide) rings is 1. The number of rotatable bonds is 9. The van der Waals surface area contributed by atoms with Crippen LogP contribution in [0.4, 0.5) is 4.79 Å². The highest BCUT2D eigenvalue weighted by molar-refractivity contribution is 6.48. The van der Waals surface area contributed by atoms with Crippen LogP contribution in [0, 0.1) is 17.3 Å². The smallest absolute Gasteiger partial charge is 0.410 e. The zero-order valence-electron chi connectivity index (χ0n) is 20.5. The lowest BCUT2D eigenvalue weighted by atomic mass is 9.66. The molecule has 0 aromatic carbocycles. The van der Waals surface area contributed by atoms with E-state index >= 15 is 0 Å². The number of carbonyl (C=O) groups excluding carboxylic acids is 2. The Hall–Kier alpha value is -2.13. The Bertz CT molecular complexity index is 833. The number of aliphatic carboxylic acids is 1. The summed E-state index contributed by atoms with van der Waals surface area (Å²) in [4.78, 5) is 41.0. The van der Waals surface area contributed by atoms with E-state index in [4.69, 9.17) is 9.16 Å². The fourth-order valence-corrected chi connectivity index (χ4v) is 6.02. The van der Waals surface area contributed by atoms with Crippen LogP contribution in [0.25, 0.3) is 0 Å². The van der Waals surface area contributed by atoms with Crippen molar-refractivity contribution >= 4 is 27.0 Å². The second kappa shape index (κ2) is 10.0. The van der Waals surface area contributed by atoms with E-state index in [1.807, 2.05) is 0 Å². The molecule has 184 valence electrons. The quantitative estimate of drug-likeness (QED) is 0.310. The average molecular weight is 479 g/mol. The topological polar surface area (TPSA) is 96.4 Å². The molecule has 33 heavy (non-hydrogen) atoms. The average Bonchev–Trinajstić information content (AvgIpc) is 3.31. The van der Waals surface area contributed by atoms with Gasteiger partial charge >= 0.3 is 12.1 Å². The molecule has 3 heterocycles. The van der Waals surface area contributed by atoms with Gasteiger partial charge in [0.1, 0.15) is 12.3 Å². The number of ether oxygens (including phenoxy) is 1. The van der Waals surface area contributed by atoms with Crippen LogP contribution in [0.3, 0.4) is 0 Å². The van der Waals surface area contributed by atoms with E-state index in [0.29, 0.717) is 26.0 Å². The van der Waals surface area contributed by atoms with Crippen LogP contribution < -0.4 is 0 Å². The second-order valence-electron chi connectivity index (χ2n) is 10.7. The van der Waals surface area contributed by atoms with E-state index in [9.17, 15) is 19.5 Å². The lowest BCUT2D eigenvalue weighted by Gasteiger charge is -2.50. The Morgan fingerprint density at radius 2 is 2.03 bits per heavy atom. The van der Waals surface area contributed by atoms with Gasteiger partial charge in [-0.1, -0.05) is 33.4 Å². The predicted molar refractivity (Wildman–Crippen MR) is 127 cm³/mol. The van der Waals surface area contributed by atoms with E-state index in [1.54, 1.807) is 4.90 Å². The molecule has 0 bridgehead atoms. The summed E-state index contributed by atoms with van der Waals surface area (Å²) in [6.45, 7) is 15.4. The van der Waals surface area contributed by atoms with Crippen LogP contribution in [0.2, 0.25) is 13.1 Å². The summed E-state index contributed by atoms with van der Waals surface area (Å²) in [5, 5.41) is 9.96. The molecule has 2 fully saturated rings. The Kier molecular flexibility index (Phi) is 7.73. The van der Waals surface area contributed by atoms with Crippen molar-refractivity contribution in [3.05, 3.63) is 23.9 Å². The summed E-state index contributed by atoms with van der Waals surface area (Å²) in [5.41, 5.74) is 0.724. The molecule has 2 amide bonds. The number of carbonyl (C=O) groups is 3. The highest BCUT2D eigenvalue weighted by atomic mass is 28.3. The van der Waals surface area contributed by atoms with Gasteiger partial charge in [0.15, 0.2) is 9.04 Å². The van der Waals surface area contributed by atoms with Crippen LogP contribution >= 0.6 is 0 Å². The molecule has 0 unspecified atom stereocenters. The fraction of sp³-hybridized carbons (Fsp3) is 0.708. The molecule has 9 heteroatoms. The first-order chi connectivity index (χ1) is 15.5. The van der Waals surface area contributed by atoms with Crippen LogP contribution in [0.5, 0.6) is 0 Å². The Morgan fingerprint density at radius 1 is 1.33 bits per heavy atom. The molecule has 0 radical (unpaired) electrons. The molecule has 0 aromatic rings. The molecule has 3 aliphatic rings. The van der Waals surface area contributed by atoms with Crippen LogP contribution in [0.1, 0.15) is 46.5 Å². The molecule has 8 nitrogen and oxygen atoms in total. The number of likely N-dealkylation sites (tertiary alicyclic amines) is 1. The maximum Gasteiger partial charge on any atom is 0.410 e. The number of nitrogens with zero attached hydrogens (tertiary/aromatic N) is 2. The number of hydrogen-bond donors (Lipinski definition) is 1. The first-order valence-electron chi connectivity index (χ1n) is 11.9. The summed E-state index contributed by atoms with van der Waals surface area (Å²) in [6, 6.07) is -0.268. The third-order valence-corrected chi connectivity index (χ3v) is 7.94. The second-order valence-corrected chi connectivity index (χ2v) is 13.1. The van der Waals surface area contributed by atoms with Crippen LogP contribution in [-0.4, -0.2) is 73.8 Å². The molecule has 0 aliphatic carbocycles. The number of fused-ring (bicyclic) bond motifs is 1. The number of hydrogen-bond acceptors (Lipinski definition) is 5. The number of amides is 2. The number of carboxylic acids is 1. The number of carboxylic acid groups (broad SMARTS) is 1. The minimum atomic E-state index is -1.25. The van der Waals surface area contributed by atoms with Crippen molar-refractivity contribution in [2.24, 2.45) is 17.3 Å². The molecule has 0 spiro atoms. The lowest BCUT2D eigenvalue weighted by molar-refractivity contribution is -0.162. The van der Waals surface area contributed by atoms with Gasteiger partial charge in [0.25, 0.3) is 0 Å². The van der Waals surface area contributed by atoms with Gasteiger partial charge in [-0.3, -0.25) is 4.79 Å². The van der Waals surface area contributed by atoms with Crippen molar-refractivity contribution in [3.8, 4) is 0 Å². The van der Waals surface area contributed by atoms with Crippen LogP contribution in [0.15, 0.2) is 23.9 Å². The van der Waals surface area contributed by atoms with E-state index in [0.717, 1.165) is 18.4 Å². The Morgan fingerprint density at radius 3 is 2.61 bits per heavy atom. The normalized spacial score (nSPS) is 25.9. The van der Waals surface area contributed by atoms with Gasteiger partial charge < -0.3 is 24.1 Å². The standard InChI is InChI=1S/C24H38N2O6Si/c1-7-11-31-23(30)25-10-8-9-16(25)12-15-13-18-19(21(27)26(18)20(15)22(28)29)17(24(2,3)4)14-32-33(5)6/h7,16-19,33H,1,8-14H2,2-6H3,(H,28,29)/t16-,17+,18+,19-/m0/s1. The van der Waals surface area contributed by atoms with Gasteiger partial charge in [-0.05, 0) is 55.7 Å². The van der Waals surface area contributed by atoms with Gasteiger partial charge in [-0.25, -0.2) is 9.59 Å². The largest absolute Gasteiger partial charge is 0.477 e. The third kappa shape index (κ3) is 5.19. The van der Waals surface area contributed by atoms with Gasteiger partial charge in [-0.2, -0.15) is 0 Å². The fourth-order valence-electron chi connectivity index (χ4n) is 5.43. The molecular formula is C24H38N2O6Si. The summed E-state index contributed by atoms with van der Waals surface area (Å²) in [7, 11) is -1.25. The summed E-state index contributed by atoms with van der Waals surface area (Å²) in [6.07, 6.45) is 3.76. The molecule has 1 N–H and O–H groups in total. The first-order valence-corrected chi connectivity index (χ1v) is 14.7. The first kappa shape index (κ1) is 25.5. The van der Waals surface area contributed by atoms with E-state index in [1.165, 1.54) is 11.0 Å². The van der Waals surface area contributed by atoms with E-state index < -0.39 is 21.1 Å². The highest BCUT2D eigenvalue weighted by Gasteiger charge is 2.59. The maximum atomic E-state index is 13.3. The van der Waals surface area contributed by atoms with E-state index in [2.05, 4.69) is 40.4 Å². The monoisotopic (exact) mass is 478 g/mol. The highest BCUT2D eigenvalue weighted by Crippen LogP contribution is 2.50. The van der Waals surface area contributed by atoms with Crippen molar-refractivity contribution in [2.45, 2.75) is 71.6 Å². The van der Waals surface area contributed by atoms with Crippen molar-refractivity contribution < 1.29 is 28.7 Å². The predicted octanol–water partition coefficient (Wildman–Crippen LogP) is 3.40. The Balaban J connectivity index is 1.79. The van der Waals surface area contributed by atoms with Gasteiger partial charge in [0.2, 0.25) is 5.91 Å². The molecular weight excluding hydrogens is 440 g/mol. The summed E-state index contributed by atoms with van der Waals surface area (Å²) in [5.74, 6) is -1.42. The Labute approximate surface area is 198 Å². The molecule has 4 atom stereocenters. The van der Waals surface area contributed by atoms with Gasteiger partial charge in [0.05, 0.1) is 12.0 Å². The summed E-state index contributed by atoms with van der Waals surface area (Å²) >= 11 is 0. The molecule has 3 rings (SSSR count). The third-order valence-electron chi connectivity index (χ3n) is 7.08. The minimum absolute atomic E-state index is 0.0207.